The van der Waals surface area contributed by atoms with Crippen molar-refractivity contribution >= 4 is 5.91 Å². The van der Waals surface area contributed by atoms with Gasteiger partial charge in [-0.05, 0) is 37.5 Å². The molecule has 1 aliphatic carbocycles. The van der Waals surface area contributed by atoms with Gasteiger partial charge in [0.2, 0.25) is 0 Å². The van der Waals surface area contributed by atoms with Gasteiger partial charge >= 0.3 is 0 Å². The minimum absolute atomic E-state index is 0.0607. The molecule has 1 aromatic carbocycles. The molecule has 2 atom stereocenters. The smallest absolute Gasteiger partial charge is 0.254 e. The van der Waals surface area contributed by atoms with Gasteiger partial charge in [-0.25, -0.2) is 0 Å². The van der Waals surface area contributed by atoms with Crippen molar-refractivity contribution in [1.82, 2.24) is 9.80 Å². The molecule has 0 spiro atoms. The molecule has 1 aromatic rings. The fraction of sp³-hybridized carbons (Fsp3) is 0.588. The fourth-order valence-corrected chi connectivity index (χ4v) is 3.54. The van der Waals surface area contributed by atoms with Gasteiger partial charge in [0.05, 0.1) is 13.2 Å². The van der Waals surface area contributed by atoms with Crippen molar-refractivity contribution in [3.8, 4) is 5.75 Å². The average Bonchev–Trinajstić information content (AvgIpc) is 3.00. The third-order valence-corrected chi connectivity index (χ3v) is 4.83. The molecule has 2 aliphatic rings. The lowest BCUT2D eigenvalue weighted by Crippen LogP contribution is -2.53. The Kier molecular flexibility index (Phi) is 4.64. The first kappa shape index (κ1) is 15.3. The number of methoxy groups -OCH3 is 1. The van der Waals surface area contributed by atoms with E-state index in [-0.39, 0.29) is 18.1 Å². The molecule has 120 valence electrons. The molecule has 2 fully saturated rings. The van der Waals surface area contributed by atoms with Crippen LogP contribution in [0.3, 0.4) is 0 Å². The van der Waals surface area contributed by atoms with Gasteiger partial charge in [-0.1, -0.05) is 6.07 Å². The minimum Gasteiger partial charge on any atom is -0.497 e. The summed E-state index contributed by atoms with van der Waals surface area (Å²) in [6.07, 6.45) is 2.90. The monoisotopic (exact) mass is 304 g/mol. The van der Waals surface area contributed by atoms with Crippen LogP contribution in [0.25, 0.3) is 0 Å². The molecule has 0 unspecified atom stereocenters. The third-order valence-electron chi connectivity index (χ3n) is 4.83. The number of aliphatic hydroxyl groups excluding tert-OH is 1. The number of rotatable bonds is 3. The summed E-state index contributed by atoms with van der Waals surface area (Å²) in [4.78, 5) is 16.8. The molecule has 1 saturated heterocycles. The highest BCUT2D eigenvalue weighted by Crippen LogP contribution is 2.25. The number of amides is 1. The van der Waals surface area contributed by atoms with E-state index in [1.807, 2.05) is 23.1 Å². The van der Waals surface area contributed by atoms with Gasteiger partial charge < -0.3 is 14.7 Å². The maximum absolute atomic E-state index is 12.6. The zero-order chi connectivity index (χ0) is 15.5. The number of carbonyl (C=O) groups excluding carboxylic acids is 1. The van der Waals surface area contributed by atoms with E-state index >= 15 is 0 Å². The van der Waals surface area contributed by atoms with Gasteiger partial charge in [0.1, 0.15) is 5.75 Å². The van der Waals surface area contributed by atoms with Crippen molar-refractivity contribution in [3.63, 3.8) is 0 Å². The maximum atomic E-state index is 12.6. The van der Waals surface area contributed by atoms with Crippen LogP contribution in [0.1, 0.15) is 29.6 Å². The first-order chi connectivity index (χ1) is 10.7. The molecular formula is C17H24N2O3. The van der Waals surface area contributed by atoms with Crippen molar-refractivity contribution in [2.24, 2.45) is 0 Å². The van der Waals surface area contributed by atoms with Gasteiger partial charge in [-0.2, -0.15) is 0 Å². The molecule has 0 bridgehead atoms. The molecule has 5 nitrogen and oxygen atoms in total. The van der Waals surface area contributed by atoms with Crippen molar-refractivity contribution in [2.75, 3.05) is 33.3 Å². The van der Waals surface area contributed by atoms with Crippen molar-refractivity contribution in [3.05, 3.63) is 29.8 Å². The van der Waals surface area contributed by atoms with E-state index in [4.69, 9.17) is 4.74 Å². The predicted molar refractivity (Wildman–Crippen MR) is 84.1 cm³/mol. The average molecular weight is 304 g/mol. The van der Waals surface area contributed by atoms with E-state index < -0.39 is 0 Å². The predicted octanol–water partition coefficient (Wildman–Crippen LogP) is 1.37. The molecule has 3 rings (SSSR count). The molecule has 1 amide bonds. The molecule has 1 N–H and O–H groups in total. The van der Waals surface area contributed by atoms with E-state index in [1.54, 1.807) is 13.2 Å². The van der Waals surface area contributed by atoms with E-state index in [0.29, 0.717) is 11.3 Å². The van der Waals surface area contributed by atoms with Crippen LogP contribution >= 0.6 is 0 Å². The van der Waals surface area contributed by atoms with Crippen LogP contribution in [0.2, 0.25) is 0 Å². The Hall–Kier alpha value is -1.59. The second-order valence-corrected chi connectivity index (χ2v) is 6.13. The van der Waals surface area contributed by atoms with E-state index in [9.17, 15) is 9.90 Å². The Balaban J connectivity index is 1.59. The molecule has 1 heterocycles. The summed E-state index contributed by atoms with van der Waals surface area (Å²) < 4.78 is 5.18. The zero-order valence-corrected chi connectivity index (χ0v) is 13.1. The number of hydrogen-bond donors (Lipinski definition) is 1. The second-order valence-electron chi connectivity index (χ2n) is 6.13. The number of aliphatic hydroxyl groups is 1. The molecule has 1 aliphatic heterocycles. The summed E-state index contributed by atoms with van der Waals surface area (Å²) in [7, 11) is 1.61. The lowest BCUT2D eigenvalue weighted by Gasteiger charge is -2.39. The summed E-state index contributed by atoms with van der Waals surface area (Å²) in [5.74, 6) is 0.768. The van der Waals surface area contributed by atoms with Crippen LogP contribution in [0.15, 0.2) is 24.3 Å². The van der Waals surface area contributed by atoms with Crippen LogP contribution in [0.4, 0.5) is 0 Å². The maximum Gasteiger partial charge on any atom is 0.254 e. The fourth-order valence-electron chi connectivity index (χ4n) is 3.54. The van der Waals surface area contributed by atoms with Crippen LogP contribution in [-0.2, 0) is 0 Å². The molecular weight excluding hydrogens is 280 g/mol. The summed E-state index contributed by atoms with van der Waals surface area (Å²) in [5.41, 5.74) is 0.675. The van der Waals surface area contributed by atoms with Crippen molar-refractivity contribution in [2.45, 2.75) is 31.4 Å². The third kappa shape index (κ3) is 3.10. The summed E-state index contributed by atoms with van der Waals surface area (Å²) in [5, 5.41) is 10.0. The van der Waals surface area contributed by atoms with Crippen molar-refractivity contribution < 1.29 is 14.6 Å². The molecule has 1 saturated carbocycles. The molecule has 22 heavy (non-hydrogen) atoms. The van der Waals surface area contributed by atoms with Crippen molar-refractivity contribution in [1.29, 1.82) is 0 Å². The highest BCUT2D eigenvalue weighted by atomic mass is 16.5. The Bertz CT molecular complexity index is 526. The Morgan fingerprint density at radius 2 is 2.00 bits per heavy atom. The number of benzene rings is 1. The van der Waals surface area contributed by atoms with Crippen LogP contribution in [0, 0.1) is 0 Å². The first-order valence-corrected chi connectivity index (χ1v) is 8.04. The van der Waals surface area contributed by atoms with Crippen LogP contribution in [0.5, 0.6) is 5.75 Å². The SMILES string of the molecule is COc1cccc(C(=O)N2CCN([C@@H]3CCC[C@H]3O)CC2)c1. The highest BCUT2D eigenvalue weighted by Gasteiger charge is 2.33. The first-order valence-electron chi connectivity index (χ1n) is 8.04. The summed E-state index contributed by atoms with van der Waals surface area (Å²) in [6, 6.07) is 7.59. The lowest BCUT2D eigenvalue weighted by atomic mass is 10.1. The zero-order valence-electron chi connectivity index (χ0n) is 13.1. The number of carbonyl (C=O) groups is 1. The molecule has 5 heteroatoms. The second kappa shape index (κ2) is 6.67. The largest absolute Gasteiger partial charge is 0.497 e. The Labute approximate surface area is 131 Å². The van der Waals surface area contributed by atoms with E-state index in [2.05, 4.69) is 4.90 Å². The van der Waals surface area contributed by atoms with Gasteiger partial charge in [0.15, 0.2) is 0 Å². The quantitative estimate of drug-likeness (QED) is 0.916. The van der Waals surface area contributed by atoms with Gasteiger partial charge in [0, 0.05) is 37.8 Å². The minimum atomic E-state index is -0.194. The summed E-state index contributed by atoms with van der Waals surface area (Å²) in [6.45, 7) is 3.13. The lowest BCUT2D eigenvalue weighted by molar-refractivity contribution is 0.0315. The van der Waals surface area contributed by atoms with Crippen LogP contribution in [-0.4, -0.2) is 66.2 Å². The Morgan fingerprint density at radius 1 is 1.23 bits per heavy atom. The number of ether oxygens (including phenoxy) is 1. The van der Waals surface area contributed by atoms with Gasteiger partial charge in [-0.3, -0.25) is 9.69 Å². The number of nitrogens with zero attached hydrogens (tertiary/aromatic N) is 2. The molecule has 0 radical (unpaired) electrons. The van der Waals surface area contributed by atoms with Crippen LogP contribution < -0.4 is 4.74 Å². The summed E-state index contributed by atoms with van der Waals surface area (Å²) >= 11 is 0. The molecule has 0 aromatic heterocycles. The van der Waals surface area contributed by atoms with E-state index in [0.717, 1.165) is 45.4 Å². The highest BCUT2D eigenvalue weighted by molar-refractivity contribution is 5.94. The van der Waals surface area contributed by atoms with Gasteiger partial charge in [0.25, 0.3) is 5.91 Å². The van der Waals surface area contributed by atoms with E-state index in [1.165, 1.54) is 0 Å². The Morgan fingerprint density at radius 3 is 2.64 bits per heavy atom. The normalized spacial score (nSPS) is 26.2. The topological polar surface area (TPSA) is 53.0 Å². The number of hydrogen-bond acceptors (Lipinski definition) is 4. The number of piperazine rings is 1. The van der Waals surface area contributed by atoms with Gasteiger partial charge in [-0.15, -0.1) is 0 Å². The standard InChI is InChI=1S/C17H24N2O3/c1-22-14-5-2-4-13(12-14)17(21)19-10-8-18(9-11-19)15-6-3-7-16(15)20/h2,4-5,12,15-16,20H,3,6-11H2,1H3/t15-,16-/m1/s1.